The first kappa shape index (κ1) is 19.5. The molecule has 0 fully saturated rings. The summed E-state index contributed by atoms with van der Waals surface area (Å²) in [6.45, 7) is 1.83. The third kappa shape index (κ3) is 4.27. The molecule has 5 nitrogen and oxygen atoms in total. The maximum atomic E-state index is 12.7. The predicted octanol–water partition coefficient (Wildman–Crippen LogP) is 5.86. The minimum Gasteiger partial charge on any atom is -0.332 e. The zero-order valence-corrected chi connectivity index (χ0v) is 17.8. The fourth-order valence-corrected chi connectivity index (χ4v) is 5.00. The van der Waals surface area contributed by atoms with E-state index in [-0.39, 0.29) is 11.2 Å². The normalized spacial score (nSPS) is 11.7. The first-order valence-corrected chi connectivity index (χ1v) is 11.4. The molecule has 1 atom stereocenters. The largest absolute Gasteiger partial charge is 0.332 e. The van der Waals surface area contributed by atoms with Gasteiger partial charge in [0.2, 0.25) is 5.91 Å². The first-order chi connectivity index (χ1) is 14.2. The van der Waals surface area contributed by atoms with E-state index in [9.17, 15) is 10.1 Å². The van der Waals surface area contributed by atoms with E-state index in [1.165, 1.54) is 11.8 Å². The molecule has 1 aromatic carbocycles. The van der Waals surface area contributed by atoms with Crippen molar-refractivity contribution in [2.75, 3.05) is 5.32 Å². The maximum absolute atomic E-state index is 12.7. The number of nitrogens with one attached hydrogen (secondary N) is 2. The van der Waals surface area contributed by atoms with Crippen LogP contribution in [0.4, 0.5) is 5.69 Å². The Bertz CT molecular complexity index is 1110. The van der Waals surface area contributed by atoms with Gasteiger partial charge in [-0.3, -0.25) is 4.79 Å². The number of carbonyl (C=O) groups excluding carboxylic acids is 1. The van der Waals surface area contributed by atoms with Gasteiger partial charge in [0.05, 0.1) is 31.9 Å². The third-order valence-electron chi connectivity index (χ3n) is 4.17. The minimum atomic E-state index is -0.389. The van der Waals surface area contributed by atoms with E-state index in [0.717, 1.165) is 21.1 Å². The second kappa shape index (κ2) is 8.66. The van der Waals surface area contributed by atoms with Crippen LogP contribution in [0.1, 0.15) is 12.5 Å². The quantitative estimate of drug-likeness (QED) is 0.371. The Morgan fingerprint density at radius 3 is 2.55 bits per heavy atom. The third-order valence-corrected chi connectivity index (χ3v) is 6.92. The number of para-hydroxylation sites is 1. The Kier molecular flexibility index (Phi) is 5.81. The lowest BCUT2D eigenvalue weighted by molar-refractivity contribution is -0.115. The van der Waals surface area contributed by atoms with E-state index in [4.69, 9.17) is 4.98 Å². The Morgan fingerprint density at radius 2 is 1.86 bits per heavy atom. The Labute approximate surface area is 180 Å². The van der Waals surface area contributed by atoms with Crippen molar-refractivity contribution in [3.05, 3.63) is 64.9 Å². The second-order valence-electron chi connectivity index (χ2n) is 6.13. The molecule has 1 amide bonds. The molecule has 3 aromatic heterocycles. The molecular weight excluding hydrogens is 420 g/mol. The number of thiophene rings is 2. The van der Waals surface area contributed by atoms with Crippen molar-refractivity contribution in [2.45, 2.75) is 17.3 Å². The molecule has 8 heteroatoms. The number of benzene rings is 1. The molecule has 0 aliphatic carbocycles. The van der Waals surface area contributed by atoms with Crippen LogP contribution >= 0.6 is 34.4 Å². The van der Waals surface area contributed by atoms with Crippen LogP contribution < -0.4 is 5.32 Å². The van der Waals surface area contributed by atoms with Crippen molar-refractivity contribution >= 4 is 46.0 Å². The van der Waals surface area contributed by atoms with Crippen molar-refractivity contribution < 1.29 is 4.79 Å². The standard InChI is InChI=1S/C21H16N4OS3/c1-13(20(26)23-15-7-3-2-6-14(15)12-22)29-21-24-18(16-8-4-10-27-16)19(25-21)17-9-5-11-28-17/h2-11,13H,1H3,(H,23,26)(H,24,25). The zero-order chi connectivity index (χ0) is 20.2. The lowest BCUT2D eigenvalue weighted by Gasteiger charge is -2.11. The summed E-state index contributed by atoms with van der Waals surface area (Å²) in [5.74, 6) is -0.176. The van der Waals surface area contributed by atoms with Crippen LogP contribution in [-0.2, 0) is 4.79 Å². The van der Waals surface area contributed by atoms with Crippen molar-refractivity contribution in [1.82, 2.24) is 9.97 Å². The van der Waals surface area contributed by atoms with Gasteiger partial charge in [0.15, 0.2) is 5.16 Å². The zero-order valence-electron chi connectivity index (χ0n) is 15.4. The number of aromatic nitrogens is 2. The summed E-state index contributed by atoms with van der Waals surface area (Å²) in [6, 6.07) is 17.2. The minimum absolute atomic E-state index is 0.176. The van der Waals surface area contributed by atoms with Gasteiger partial charge in [-0.1, -0.05) is 36.0 Å². The molecule has 144 valence electrons. The average molecular weight is 437 g/mol. The van der Waals surface area contributed by atoms with Crippen LogP contribution in [0.5, 0.6) is 0 Å². The summed E-state index contributed by atoms with van der Waals surface area (Å²) >= 11 is 4.64. The summed E-state index contributed by atoms with van der Waals surface area (Å²) in [5.41, 5.74) is 2.82. The number of thioether (sulfide) groups is 1. The second-order valence-corrected chi connectivity index (χ2v) is 9.35. The highest BCUT2D eigenvalue weighted by molar-refractivity contribution is 8.00. The maximum Gasteiger partial charge on any atom is 0.237 e. The molecule has 29 heavy (non-hydrogen) atoms. The summed E-state index contributed by atoms with van der Waals surface area (Å²) in [4.78, 5) is 23.0. The molecule has 3 heterocycles. The molecule has 4 rings (SSSR count). The van der Waals surface area contributed by atoms with E-state index in [0.29, 0.717) is 16.4 Å². The highest BCUT2D eigenvalue weighted by atomic mass is 32.2. The van der Waals surface area contributed by atoms with E-state index in [1.807, 2.05) is 35.9 Å². The van der Waals surface area contributed by atoms with Gasteiger partial charge in [0.25, 0.3) is 0 Å². The van der Waals surface area contributed by atoms with Crippen molar-refractivity contribution in [2.24, 2.45) is 0 Å². The molecule has 0 saturated heterocycles. The van der Waals surface area contributed by atoms with Crippen LogP contribution in [0.15, 0.2) is 64.4 Å². The summed E-state index contributed by atoms with van der Waals surface area (Å²) in [5, 5.41) is 16.4. The summed E-state index contributed by atoms with van der Waals surface area (Å²) in [7, 11) is 0. The number of anilines is 1. The lowest BCUT2D eigenvalue weighted by atomic mass is 10.2. The van der Waals surface area contributed by atoms with E-state index >= 15 is 0 Å². The molecule has 2 N–H and O–H groups in total. The Balaban J connectivity index is 1.55. The van der Waals surface area contributed by atoms with Gasteiger partial charge < -0.3 is 10.3 Å². The topological polar surface area (TPSA) is 81.6 Å². The van der Waals surface area contributed by atoms with Crippen LogP contribution in [-0.4, -0.2) is 21.1 Å². The number of amides is 1. The highest BCUT2D eigenvalue weighted by Crippen LogP contribution is 2.37. The van der Waals surface area contributed by atoms with Crippen LogP contribution in [0.3, 0.4) is 0 Å². The number of hydrogen-bond acceptors (Lipinski definition) is 6. The number of H-pyrrole nitrogens is 1. The molecule has 0 aliphatic heterocycles. The molecule has 0 aliphatic rings. The Hall–Kier alpha value is -2.86. The first-order valence-electron chi connectivity index (χ1n) is 8.80. The number of nitrogens with zero attached hydrogens (tertiary/aromatic N) is 2. The molecule has 0 saturated carbocycles. The molecular formula is C21H16N4OS3. The molecule has 0 radical (unpaired) electrons. The van der Waals surface area contributed by atoms with E-state index < -0.39 is 0 Å². The summed E-state index contributed by atoms with van der Waals surface area (Å²) < 4.78 is 0. The molecule has 4 aromatic rings. The van der Waals surface area contributed by atoms with Gasteiger partial charge in [-0.2, -0.15) is 5.26 Å². The monoisotopic (exact) mass is 436 g/mol. The van der Waals surface area contributed by atoms with Crippen LogP contribution in [0.25, 0.3) is 21.1 Å². The fraction of sp³-hybridized carbons (Fsp3) is 0.0952. The Morgan fingerprint density at radius 1 is 1.14 bits per heavy atom. The van der Waals surface area contributed by atoms with Gasteiger partial charge in [-0.25, -0.2) is 4.98 Å². The highest BCUT2D eigenvalue weighted by Gasteiger charge is 2.21. The number of imidazole rings is 1. The van der Waals surface area contributed by atoms with Crippen LogP contribution in [0.2, 0.25) is 0 Å². The van der Waals surface area contributed by atoms with E-state index in [2.05, 4.69) is 22.4 Å². The van der Waals surface area contributed by atoms with Crippen molar-refractivity contribution in [3.63, 3.8) is 0 Å². The van der Waals surface area contributed by atoms with Gasteiger partial charge in [-0.15, -0.1) is 22.7 Å². The SMILES string of the molecule is CC(Sc1nc(-c2cccs2)c(-c2cccs2)[nH]1)C(=O)Nc1ccccc1C#N. The predicted molar refractivity (Wildman–Crippen MR) is 120 cm³/mol. The van der Waals surface area contributed by atoms with Gasteiger partial charge in [0.1, 0.15) is 11.8 Å². The molecule has 0 bridgehead atoms. The van der Waals surface area contributed by atoms with Gasteiger partial charge in [-0.05, 0) is 41.9 Å². The van der Waals surface area contributed by atoms with Gasteiger partial charge >= 0.3 is 0 Å². The summed E-state index contributed by atoms with van der Waals surface area (Å²) in [6.07, 6.45) is 0. The smallest absolute Gasteiger partial charge is 0.237 e. The lowest BCUT2D eigenvalue weighted by Crippen LogP contribution is -2.23. The van der Waals surface area contributed by atoms with Crippen LogP contribution in [0, 0.1) is 11.3 Å². The average Bonchev–Trinajstić information content (AvgIpc) is 3.48. The fourth-order valence-electron chi connectivity index (χ4n) is 2.74. The van der Waals surface area contributed by atoms with Gasteiger partial charge in [0, 0.05) is 0 Å². The van der Waals surface area contributed by atoms with Crippen molar-refractivity contribution in [1.29, 1.82) is 5.26 Å². The number of nitriles is 1. The molecule has 0 spiro atoms. The number of aromatic amines is 1. The van der Waals surface area contributed by atoms with Crippen molar-refractivity contribution in [3.8, 4) is 27.2 Å². The number of carbonyl (C=O) groups is 1. The van der Waals surface area contributed by atoms with E-state index in [1.54, 1.807) is 46.9 Å². The number of rotatable bonds is 6. The molecule has 1 unspecified atom stereocenters. The number of hydrogen-bond donors (Lipinski definition) is 2.